The molecular weight excluding hydrogens is 277 g/mol. The highest BCUT2D eigenvalue weighted by atomic mass is 19.1. The molecule has 0 fully saturated rings. The lowest BCUT2D eigenvalue weighted by Gasteiger charge is -2.28. The number of amides is 1. The Morgan fingerprint density at radius 3 is 2.52 bits per heavy atom. The van der Waals surface area contributed by atoms with E-state index >= 15 is 0 Å². The van der Waals surface area contributed by atoms with Gasteiger partial charge >= 0.3 is 5.97 Å². The molecule has 0 radical (unpaired) electrons. The number of hydrogen-bond acceptors (Lipinski definition) is 3. The van der Waals surface area contributed by atoms with E-state index in [1.165, 1.54) is 26.2 Å². The molecule has 0 heterocycles. The van der Waals surface area contributed by atoms with Crippen LogP contribution in [0.4, 0.5) is 10.1 Å². The van der Waals surface area contributed by atoms with Gasteiger partial charge in [0.25, 0.3) is 0 Å². The number of carboxylic acids is 1. The number of carbonyl (C=O) groups is 2. The molecule has 116 valence electrons. The second-order valence-electron chi connectivity index (χ2n) is 5.45. The van der Waals surface area contributed by atoms with Gasteiger partial charge in [-0.1, -0.05) is 13.8 Å². The first-order valence-electron chi connectivity index (χ1n) is 6.57. The fourth-order valence-electron chi connectivity index (χ4n) is 1.82. The molecule has 0 saturated heterocycles. The maximum absolute atomic E-state index is 13.1. The van der Waals surface area contributed by atoms with E-state index in [4.69, 9.17) is 4.74 Å². The predicted octanol–water partition coefficient (Wildman–Crippen LogP) is 2.91. The van der Waals surface area contributed by atoms with Crippen LogP contribution in [0.2, 0.25) is 0 Å². The normalized spacial score (nSPS) is 13.6. The van der Waals surface area contributed by atoms with Crippen LogP contribution in [-0.4, -0.2) is 24.1 Å². The number of anilines is 1. The van der Waals surface area contributed by atoms with Gasteiger partial charge in [-0.15, -0.1) is 0 Å². The van der Waals surface area contributed by atoms with Gasteiger partial charge < -0.3 is 15.2 Å². The van der Waals surface area contributed by atoms with Crippen molar-refractivity contribution in [3.63, 3.8) is 0 Å². The zero-order valence-corrected chi connectivity index (χ0v) is 12.6. The summed E-state index contributed by atoms with van der Waals surface area (Å²) in [5.41, 5.74) is -0.863. The SMILES string of the molecule is COc1cc(F)ccc1NC(=O)CC(C)(C(=O)O)C(C)C. The molecule has 2 N–H and O–H groups in total. The topological polar surface area (TPSA) is 75.6 Å². The Kier molecular flexibility index (Phi) is 5.29. The number of ether oxygens (including phenoxy) is 1. The molecule has 0 aliphatic carbocycles. The molecule has 0 saturated carbocycles. The van der Waals surface area contributed by atoms with Crippen LogP contribution in [0.1, 0.15) is 27.2 Å². The molecular formula is C15H20FNO4. The Balaban J connectivity index is 2.89. The van der Waals surface area contributed by atoms with Crippen LogP contribution in [0.5, 0.6) is 5.75 Å². The van der Waals surface area contributed by atoms with Gasteiger partial charge in [-0.3, -0.25) is 9.59 Å². The average Bonchev–Trinajstić information content (AvgIpc) is 2.40. The monoisotopic (exact) mass is 297 g/mol. The van der Waals surface area contributed by atoms with Crippen molar-refractivity contribution in [1.82, 2.24) is 0 Å². The second-order valence-corrected chi connectivity index (χ2v) is 5.45. The molecule has 1 atom stereocenters. The maximum Gasteiger partial charge on any atom is 0.310 e. The minimum Gasteiger partial charge on any atom is -0.494 e. The van der Waals surface area contributed by atoms with Crippen LogP contribution in [0.15, 0.2) is 18.2 Å². The van der Waals surface area contributed by atoms with E-state index in [1.54, 1.807) is 13.8 Å². The van der Waals surface area contributed by atoms with Crippen LogP contribution in [-0.2, 0) is 9.59 Å². The molecule has 21 heavy (non-hydrogen) atoms. The molecule has 1 aromatic rings. The molecule has 1 rings (SSSR count). The summed E-state index contributed by atoms with van der Waals surface area (Å²) in [4.78, 5) is 23.4. The molecule has 1 aromatic carbocycles. The van der Waals surface area contributed by atoms with Crippen molar-refractivity contribution in [1.29, 1.82) is 0 Å². The van der Waals surface area contributed by atoms with E-state index in [1.807, 2.05) is 0 Å². The zero-order chi connectivity index (χ0) is 16.2. The second kappa shape index (κ2) is 6.56. The van der Waals surface area contributed by atoms with Crippen LogP contribution < -0.4 is 10.1 Å². The summed E-state index contributed by atoms with van der Waals surface area (Å²) in [5.74, 6) is -2.00. The molecule has 5 nitrogen and oxygen atoms in total. The highest BCUT2D eigenvalue weighted by Crippen LogP contribution is 2.32. The van der Waals surface area contributed by atoms with Gasteiger partial charge in [0.2, 0.25) is 5.91 Å². The number of carboxylic acid groups (broad SMARTS) is 1. The van der Waals surface area contributed by atoms with E-state index in [-0.39, 0.29) is 18.1 Å². The third-order valence-corrected chi connectivity index (χ3v) is 3.73. The number of rotatable bonds is 6. The first-order valence-corrected chi connectivity index (χ1v) is 6.57. The Hall–Kier alpha value is -2.11. The number of nitrogens with one attached hydrogen (secondary N) is 1. The number of halogens is 1. The predicted molar refractivity (Wildman–Crippen MR) is 76.8 cm³/mol. The fourth-order valence-corrected chi connectivity index (χ4v) is 1.82. The minimum atomic E-state index is -1.17. The number of carbonyl (C=O) groups excluding carboxylic acids is 1. The summed E-state index contributed by atoms with van der Waals surface area (Å²) in [7, 11) is 1.36. The van der Waals surface area contributed by atoms with Crippen LogP contribution in [0.25, 0.3) is 0 Å². The number of methoxy groups -OCH3 is 1. The van der Waals surface area contributed by atoms with Crippen LogP contribution in [0.3, 0.4) is 0 Å². The van der Waals surface area contributed by atoms with Gasteiger partial charge in [0, 0.05) is 12.5 Å². The summed E-state index contributed by atoms with van der Waals surface area (Å²) >= 11 is 0. The number of aliphatic carboxylic acids is 1. The van der Waals surface area contributed by atoms with Crippen molar-refractivity contribution in [3.05, 3.63) is 24.0 Å². The van der Waals surface area contributed by atoms with Crippen molar-refractivity contribution in [2.24, 2.45) is 11.3 Å². The van der Waals surface area contributed by atoms with E-state index < -0.39 is 23.1 Å². The fraction of sp³-hybridized carbons (Fsp3) is 0.467. The van der Waals surface area contributed by atoms with Crippen molar-refractivity contribution in [2.45, 2.75) is 27.2 Å². The van der Waals surface area contributed by atoms with Gasteiger partial charge in [-0.25, -0.2) is 4.39 Å². The Bertz CT molecular complexity index is 544. The maximum atomic E-state index is 13.1. The largest absolute Gasteiger partial charge is 0.494 e. The molecule has 6 heteroatoms. The molecule has 0 aliphatic heterocycles. The van der Waals surface area contributed by atoms with Crippen LogP contribution >= 0.6 is 0 Å². The van der Waals surface area contributed by atoms with Crippen molar-refractivity contribution < 1.29 is 23.8 Å². The van der Waals surface area contributed by atoms with E-state index in [2.05, 4.69) is 5.32 Å². The first kappa shape index (κ1) is 16.9. The lowest BCUT2D eigenvalue weighted by atomic mass is 9.76. The third kappa shape index (κ3) is 3.93. The Morgan fingerprint density at radius 2 is 2.05 bits per heavy atom. The quantitative estimate of drug-likeness (QED) is 0.846. The van der Waals surface area contributed by atoms with Gasteiger partial charge in [-0.05, 0) is 25.0 Å². The van der Waals surface area contributed by atoms with E-state index in [0.717, 1.165) is 6.07 Å². The Labute approximate surface area is 123 Å². The van der Waals surface area contributed by atoms with Gasteiger partial charge in [0.05, 0.1) is 18.2 Å². The standard InChI is InChI=1S/C15H20FNO4/c1-9(2)15(3,14(19)20)8-13(18)17-11-6-5-10(16)7-12(11)21-4/h5-7,9H,8H2,1-4H3,(H,17,18)(H,19,20). The van der Waals surface area contributed by atoms with Gasteiger partial charge in [-0.2, -0.15) is 0 Å². The van der Waals surface area contributed by atoms with Crippen molar-refractivity contribution in [2.75, 3.05) is 12.4 Å². The molecule has 0 aromatic heterocycles. The van der Waals surface area contributed by atoms with Crippen molar-refractivity contribution >= 4 is 17.6 Å². The highest BCUT2D eigenvalue weighted by Gasteiger charge is 2.38. The summed E-state index contributed by atoms with van der Waals surface area (Å²) in [6.45, 7) is 5.03. The van der Waals surface area contributed by atoms with Crippen LogP contribution in [0, 0.1) is 17.2 Å². The summed E-state index contributed by atoms with van der Waals surface area (Å²) < 4.78 is 18.1. The molecule has 1 unspecified atom stereocenters. The smallest absolute Gasteiger partial charge is 0.310 e. The van der Waals surface area contributed by atoms with Crippen molar-refractivity contribution in [3.8, 4) is 5.75 Å². The summed E-state index contributed by atoms with van der Waals surface area (Å²) in [6.07, 6.45) is -0.180. The van der Waals surface area contributed by atoms with Gasteiger partial charge in [0.1, 0.15) is 11.6 Å². The number of benzene rings is 1. The molecule has 0 spiro atoms. The lowest BCUT2D eigenvalue weighted by molar-refractivity contribution is -0.153. The average molecular weight is 297 g/mol. The molecule has 1 amide bonds. The summed E-state index contributed by atoms with van der Waals surface area (Å²) in [6, 6.07) is 3.71. The lowest BCUT2D eigenvalue weighted by Crippen LogP contribution is -2.37. The number of hydrogen-bond donors (Lipinski definition) is 2. The van der Waals surface area contributed by atoms with E-state index in [0.29, 0.717) is 5.69 Å². The van der Waals surface area contributed by atoms with E-state index in [9.17, 15) is 19.1 Å². The third-order valence-electron chi connectivity index (χ3n) is 3.73. The summed E-state index contributed by atoms with van der Waals surface area (Å²) in [5, 5.41) is 11.9. The Morgan fingerprint density at radius 1 is 1.43 bits per heavy atom. The van der Waals surface area contributed by atoms with Gasteiger partial charge in [0.15, 0.2) is 0 Å². The first-order chi connectivity index (χ1) is 9.70. The molecule has 0 bridgehead atoms. The highest BCUT2D eigenvalue weighted by molar-refractivity contribution is 5.95. The minimum absolute atomic E-state index is 0.180. The zero-order valence-electron chi connectivity index (χ0n) is 12.6. The molecule has 0 aliphatic rings.